The van der Waals surface area contributed by atoms with E-state index in [1.807, 2.05) is 6.92 Å². The van der Waals surface area contributed by atoms with Gasteiger partial charge in [0.25, 0.3) is 5.91 Å². The van der Waals surface area contributed by atoms with E-state index in [0.717, 1.165) is 5.01 Å². The van der Waals surface area contributed by atoms with Gasteiger partial charge in [0.05, 0.1) is 12.3 Å². The van der Waals surface area contributed by atoms with E-state index < -0.39 is 36.1 Å². The zero-order valence-electron chi connectivity index (χ0n) is 18.6. The van der Waals surface area contributed by atoms with E-state index in [0.29, 0.717) is 10.0 Å². The van der Waals surface area contributed by atoms with Gasteiger partial charge in [0, 0.05) is 5.69 Å². The summed E-state index contributed by atoms with van der Waals surface area (Å²) in [4.78, 5) is 40.3. The Labute approximate surface area is 219 Å². The molecule has 0 aliphatic carbocycles. The number of carboxylic acids is 1. The van der Waals surface area contributed by atoms with Crippen LogP contribution in [0.5, 0.6) is 5.75 Å². The number of aromatic nitrogens is 2. The first-order valence-corrected chi connectivity index (χ1v) is 11.4. The van der Waals surface area contributed by atoms with Gasteiger partial charge in [0.2, 0.25) is 0 Å². The van der Waals surface area contributed by atoms with Crippen molar-refractivity contribution in [2.45, 2.75) is 29.5 Å². The number of nitrogens with zero attached hydrogens (tertiary/aromatic N) is 4. The van der Waals surface area contributed by atoms with Crippen molar-refractivity contribution in [1.29, 1.82) is 0 Å². The molecule has 33 heavy (non-hydrogen) atoms. The van der Waals surface area contributed by atoms with Crippen LogP contribution in [0.15, 0.2) is 40.1 Å². The number of carbonyl (C=O) groups is 3. The Morgan fingerprint density at radius 3 is 2.70 bits per heavy atom. The van der Waals surface area contributed by atoms with Crippen LogP contribution in [0.3, 0.4) is 0 Å². The van der Waals surface area contributed by atoms with Gasteiger partial charge in [0.15, 0.2) is 10.0 Å². The zero-order chi connectivity index (χ0) is 22.6. The number of aliphatic carboxylic acids is 1. The van der Waals surface area contributed by atoms with Crippen molar-refractivity contribution in [1.82, 2.24) is 20.0 Å². The molecule has 0 saturated carbocycles. The SMILES string of the molecule is Cc1nnc(SCC2=C(C(=O)O)N3C(=O)[C@@H]4[C@H]3[C@@H](CN4C(=O)Nc3ccc(O)cc3)O2)s1.[H-].[Na+]. The number of nitrogens with one attached hydrogen (secondary N) is 1. The van der Waals surface area contributed by atoms with Crippen LogP contribution in [0, 0.1) is 6.92 Å². The quantitative estimate of drug-likeness (QED) is 0.195. The van der Waals surface area contributed by atoms with Crippen molar-refractivity contribution in [3.8, 4) is 5.75 Å². The molecule has 3 aliphatic heterocycles. The third-order valence-electron chi connectivity index (χ3n) is 5.42. The summed E-state index contributed by atoms with van der Waals surface area (Å²) in [7, 11) is 0. The van der Waals surface area contributed by atoms with Gasteiger partial charge in [-0.1, -0.05) is 23.1 Å². The Balaban J connectivity index is 0.00000162. The van der Waals surface area contributed by atoms with Gasteiger partial charge in [-0.05, 0) is 31.2 Å². The zero-order valence-corrected chi connectivity index (χ0v) is 21.2. The molecule has 3 atom stereocenters. The molecular formula is C19H18N5NaO6S2. The van der Waals surface area contributed by atoms with Crippen LogP contribution in [0.1, 0.15) is 6.43 Å². The maximum atomic E-state index is 12.9. The summed E-state index contributed by atoms with van der Waals surface area (Å²) >= 11 is 2.66. The fourth-order valence-corrected chi connectivity index (χ4v) is 5.82. The molecule has 0 bridgehead atoms. The molecule has 2 aromatic rings. The van der Waals surface area contributed by atoms with E-state index in [-0.39, 0.29) is 60.5 Å². The summed E-state index contributed by atoms with van der Waals surface area (Å²) in [6.07, 6.45) is -0.530. The van der Waals surface area contributed by atoms with Crippen molar-refractivity contribution in [3.05, 3.63) is 40.7 Å². The van der Waals surface area contributed by atoms with Crippen molar-refractivity contribution in [3.63, 3.8) is 0 Å². The number of benzene rings is 1. The molecule has 2 fully saturated rings. The number of thioether (sulfide) groups is 1. The van der Waals surface area contributed by atoms with Crippen LogP contribution in [0.4, 0.5) is 10.5 Å². The molecule has 0 spiro atoms. The van der Waals surface area contributed by atoms with Gasteiger partial charge < -0.3 is 26.6 Å². The van der Waals surface area contributed by atoms with Crippen LogP contribution in [-0.2, 0) is 14.3 Å². The number of ether oxygens (including phenoxy) is 1. The van der Waals surface area contributed by atoms with Gasteiger partial charge in [-0.25, -0.2) is 9.59 Å². The van der Waals surface area contributed by atoms with Gasteiger partial charge in [-0.3, -0.25) is 9.69 Å². The van der Waals surface area contributed by atoms with Crippen LogP contribution >= 0.6 is 23.1 Å². The Bertz CT molecular complexity index is 1160. The summed E-state index contributed by atoms with van der Waals surface area (Å²) < 4.78 is 6.66. The number of anilines is 1. The van der Waals surface area contributed by atoms with Gasteiger partial charge in [0.1, 0.15) is 34.7 Å². The average Bonchev–Trinajstić information content (AvgIpc) is 3.34. The summed E-state index contributed by atoms with van der Waals surface area (Å²) in [5, 5.41) is 30.6. The molecule has 4 heterocycles. The third kappa shape index (κ3) is 4.19. The van der Waals surface area contributed by atoms with Crippen LogP contribution in [0.25, 0.3) is 0 Å². The molecule has 0 radical (unpaired) electrons. The number of carboxylic acid groups (broad SMARTS) is 1. The number of aryl methyl sites for hydroxylation is 1. The minimum atomic E-state index is -1.26. The number of amides is 3. The molecule has 14 heteroatoms. The van der Waals surface area contributed by atoms with E-state index in [2.05, 4.69) is 15.5 Å². The van der Waals surface area contributed by atoms with Crippen LogP contribution in [-0.4, -0.2) is 78.6 Å². The maximum absolute atomic E-state index is 12.9. The van der Waals surface area contributed by atoms with Crippen molar-refractivity contribution >= 4 is 46.7 Å². The molecule has 11 nitrogen and oxygen atoms in total. The molecular weight excluding hydrogens is 481 g/mol. The van der Waals surface area contributed by atoms with Crippen molar-refractivity contribution in [2.24, 2.45) is 0 Å². The first kappa shape index (κ1) is 23.8. The van der Waals surface area contributed by atoms with Crippen LogP contribution < -0.4 is 34.9 Å². The molecule has 168 valence electrons. The number of likely N-dealkylation sites (tertiary alicyclic amines) is 1. The summed E-state index contributed by atoms with van der Waals surface area (Å²) in [5.41, 5.74) is 0.267. The van der Waals surface area contributed by atoms with E-state index in [4.69, 9.17) is 4.74 Å². The Morgan fingerprint density at radius 1 is 1.33 bits per heavy atom. The fourth-order valence-electron chi connectivity index (χ4n) is 4.07. The normalized spacial score (nSPS) is 22.8. The minimum absolute atomic E-state index is 0. The van der Waals surface area contributed by atoms with Crippen molar-refractivity contribution in [2.75, 3.05) is 17.6 Å². The standard InChI is InChI=1S/C19H17N5O6S2.Na.H/c1-8-21-22-19(32-8)31-7-12-14(17(27)28)24-13-11(30-12)6-23(15(13)16(24)26)18(29)20-9-2-4-10(25)5-3-9;;/h2-5,11,13,15,25H,6-7H2,1H3,(H,20,29)(H,27,28);;/q;+1;-1/t11-,13-,15+;;/m1../s1. The number of carbonyl (C=O) groups excluding carboxylic acids is 2. The molecule has 3 N–H and O–H groups in total. The Kier molecular flexibility index (Phi) is 6.60. The first-order chi connectivity index (χ1) is 15.3. The first-order valence-electron chi connectivity index (χ1n) is 9.59. The summed E-state index contributed by atoms with van der Waals surface area (Å²) in [6, 6.07) is 4.12. The maximum Gasteiger partial charge on any atom is 1.00 e. The molecule has 0 unspecified atom stereocenters. The second-order valence-corrected chi connectivity index (χ2v) is 9.79. The number of phenols is 1. The molecule has 1 aromatic carbocycles. The largest absolute Gasteiger partial charge is 1.00 e. The molecule has 1 aromatic heterocycles. The second kappa shape index (κ2) is 9.14. The van der Waals surface area contributed by atoms with Gasteiger partial charge >= 0.3 is 41.6 Å². The van der Waals surface area contributed by atoms with Crippen molar-refractivity contribution < 1.29 is 60.3 Å². The number of aromatic hydroxyl groups is 1. The number of urea groups is 1. The molecule has 2 saturated heterocycles. The monoisotopic (exact) mass is 499 g/mol. The van der Waals surface area contributed by atoms with E-state index in [1.165, 1.54) is 57.2 Å². The van der Waals surface area contributed by atoms with Crippen LogP contribution in [0.2, 0.25) is 0 Å². The van der Waals surface area contributed by atoms with Gasteiger partial charge in [-0.15, -0.1) is 10.2 Å². The summed E-state index contributed by atoms with van der Waals surface area (Å²) in [5.74, 6) is -1.30. The van der Waals surface area contributed by atoms with E-state index >= 15 is 0 Å². The number of hydrogen-bond donors (Lipinski definition) is 3. The number of hydrogen-bond acceptors (Lipinski definition) is 9. The van der Waals surface area contributed by atoms with Gasteiger partial charge in [-0.2, -0.15) is 0 Å². The number of rotatable bonds is 5. The second-order valence-electron chi connectivity index (χ2n) is 7.38. The summed E-state index contributed by atoms with van der Waals surface area (Å²) in [6.45, 7) is 1.96. The average molecular weight is 500 g/mol. The number of β-lactam (4-membered cyclic amide) rings is 1. The predicted octanol–water partition coefficient (Wildman–Crippen LogP) is -1.42. The minimum Gasteiger partial charge on any atom is -1.00 e. The Morgan fingerprint density at radius 2 is 2.06 bits per heavy atom. The molecule has 3 amide bonds. The number of phenolic OH excluding ortho intramolecular Hbond substituents is 1. The molecule has 5 rings (SSSR count). The smallest absolute Gasteiger partial charge is 1.00 e. The Hall–Kier alpha value is -2.32. The third-order valence-corrected chi connectivity index (χ3v) is 7.39. The fraction of sp³-hybridized carbons (Fsp3) is 0.316. The van der Waals surface area contributed by atoms with E-state index in [9.17, 15) is 24.6 Å². The van der Waals surface area contributed by atoms with E-state index in [1.54, 1.807) is 0 Å². The predicted molar refractivity (Wildman–Crippen MR) is 114 cm³/mol. The topological polar surface area (TPSA) is 145 Å². The molecule has 3 aliphatic rings.